The van der Waals surface area contributed by atoms with Gasteiger partial charge in [0.1, 0.15) is 5.37 Å². The van der Waals surface area contributed by atoms with Crippen LogP contribution >= 0.6 is 58.2 Å². The number of halogens is 7. The molecule has 34 heavy (non-hydrogen) atoms. The number of oxime groups is 1. The molecule has 2 unspecified atom stereocenters. The van der Waals surface area contributed by atoms with Crippen molar-refractivity contribution in [1.82, 2.24) is 5.32 Å². The first-order chi connectivity index (χ1) is 15.8. The molecule has 1 heterocycles. The van der Waals surface area contributed by atoms with Crippen LogP contribution in [0.25, 0.3) is 0 Å². The van der Waals surface area contributed by atoms with Crippen molar-refractivity contribution in [3.63, 3.8) is 0 Å². The predicted octanol–water partition coefficient (Wildman–Crippen LogP) is 6.89. The van der Waals surface area contributed by atoms with Gasteiger partial charge in [-0.05, 0) is 31.3 Å². The molecule has 0 spiro atoms. The second-order valence-corrected chi connectivity index (χ2v) is 10.1. The summed E-state index contributed by atoms with van der Waals surface area (Å²) in [5.41, 5.74) is -2.95. The summed E-state index contributed by atoms with van der Waals surface area (Å²) >= 11 is 24.8. The number of Topliss-reactive ketones (excluding diaryl/α,β-unsaturated/α-hetero) is 1. The Balaban J connectivity index is 1.95. The predicted molar refractivity (Wildman–Crippen MR) is 128 cm³/mol. The van der Waals surface area contributed by atoms with Crippen LogP contribution in [0.5, 0.6) is 0 Å². The Bertz CT molecular complexity index is 1170. The van der Waals surface area contributed by atoms with E-state index in [4.69, 9.17) is 51.2 Å². The molecule has 0 amide bonds. The van der Waals surface area contributed by atoms with Crippen molar-refractivity contribution in [2.24, 2.45) is 5.16 Å². The minimum atomic E-state index is -4.89. The van der Waals surface area contributed by atoms with E-state index in [1.54, 1.807) is 0 Å². The molecular weight excluding hydrogens is 559 g/mol. The summed E-state index contributed by atoms with van der Waals surface area (Å²) in [5.74, 6) is -0.459. The van der Waals surface area contributed by atoms with Crippen molar-refractivity contribution in [1.29, 1.82) is 0 Å². The standard InChI is InChI=1S/C21H15Cl4F3N2O3S/c1-9(31)34-19(29-2)18(32)12-4-3-10(5-13(12)22)16-8-20(33-30-16,21(26,27)28)11-6-14(23)17(25)15(24)7-11/h3-7,19,29H,8H2,1-2H3. The fourth-order valence-electron chi connectivity index (χ4n) is 3.29. The molecule has 2 aromatic carbocycles. The van der Waals surface area contributed by atoms with E-state index in [0.717, 1.165) is 23.9 Å². The zero-order valence-corrected chi connectivity index (χ0v) is 21.2. The number of carbonyl (C=O) groups is 2. The minimum Gasteiger partial charge on any atom is -0.374 e. The molecule has 0 aromatic heterocycles. The maximum atomic E-state index is 14.2. The maximum absolute atomic E-state index is 14.2. The number of nitrogens with zero attached hydrogens (tertiary/aromatic N) is 1. The summed E-state index contributed by atoms with van der Waals surface area (Å²) in [6, 6.07) is 6.14. The average molecular weight is 574 g/mol. The third-order valence-electron chi connectivity index (χ3n) is 4.99. The van der Waals surface area contributed by atoms with Crippen LogP contribution in [0.2, 0.25) is 20.1 Å². The van der Waals surface area contributed by atoms with Gasteiger partial charge >= 0.3 is 6.18 Å². The van der Waals surface area contributed by atoms with Crippen molar-refractivity contribution in [2.45, 2.75) is 30.5 Å². The molecule has 0 fully saturated rings. The molecule has 3 rings (SSSR count). The maximum Gasteiger partial charge on any atom is 0.435 e. The molecule has 2 atom stereocenters. The van der Waals surface area contributed by atoms with E-state index < -0.39 is 29.4 Å². The van der Waals surface area contributed by atoms with Crippen molar-refractivity contribution in [2.75, 3.05) is 7.05 Å². The number of ketones is 1. The lowest BCUT2D eigenvalue weighted by molar-refractivity contribution is -0.275. The van der Waals surface area contributed by atoms with E-state index in [1.807, 2.05) is 0 Å². The summed E-state index contributed by atoms with van der Waals surface area (Å²) in [7, 11) is 1.51. The monoisotopic (exact) mass is 572 g/mol. The zero-order chi connectivity index (χ0) is 25.4. The van der Waals surface area contributed by atoms with Gasteiger partial charge in [-0.2, -0.15) is 13.2 Å². The van der Waals surface area contributed by atoms with Crippen molar-refractivity contribution >= 4 is 74.8 Å². The third-order valence-corrected chi connectivity index (χ3v) is 7.51. The molecule has 0 saturated carbocycles. The highest BCUT2D eigenvalue weighted by molar-refractivity contribution is 8.14. The fourth-order valence-corrected chi connectivity index (χ4v) is 4.85. The van der Waals surface area contributed by atoms with Crippen LogP contribution in [-0.2, 0) is 15.2 Å². The summed E-state index contributed by atoms with van der Waals surface area (Å²) in [5, 5.41) is 4.80. The molecule has 1 aliphatic rings. The molecule has 5 nitrogen and oxygen atoms in total. The van der Waals surface area contributed by atoms with E-state index in [0.29, 0.717) is 0 Å². The van der Waals surface area contributed by atoms with Gasteiger partial charge in [0.2, 0.25) is 0 Å². The van der Waals surface area contributed by atoms with Crippen LogP contribution in [0.1, 0.15) is 34.8 Å². The van der Waals surface area contributed by atoms with Gasteiger partial charge in [0.05, 0.1) is 25.8 Å². The molecule has 1 N–H and O–H groups in total. The molecule has 13 heteroatoms. The highest BCUT2D eigenvalue weighted by Gasteiger charge is 2.62. The lowest BCUT2D eigenvalue weighted by atomic mass is 9.86. The molecule has 1 aliphatic heterocycles. The molecule has 0 bridgehead atoms. The van der Waals surface area contributed by atoms with E-state index in [-0.39, 0.29) is 47.6 Å². The van der Waals surface area contributed by atoms with Crippen LogP contribution < -0.4 is 5.32 Å². The number of nitrogens with one attached hydrogen (secondary N) is 1. The molecule has 0 aliphatic carbocycles. The van der Waals surface area contributed by atoms with Crippen LogP contribution in [0.15, 0.2) is 35.5 Å². The van der Waals surface area contributed by atoms with E-state index in [2.05, 4.69) is 10.5 Å². The number of alkyl halides is 3. The fraction of sp³-hybridized carbons (Fsp3) is 0.286. The van der Waals surface area contributed by atoms with Crippen LogP contribution in [0, 0.1) is 0 Å². The summed E-state index contributed by atoms with van der Waals surface area (Å²) in [4.78, 5) is 29.1. The third kappa shape index (κ3) is 5.20. The first-order valence-electron chi connectivity index (χ1n) is 9.46. The van der Waals surface area contributed by atoms with E-state index >= 15 is 0 Å². The highest BCUT2D eigenvalue weighted by atomic mass is 35.5. The van der Waals surface area contributed by atoms with Crippen LogP contribution in [0.4, 0.5) is 13.2 Å². The topological polar surface area (TPSA) is 67.8 Å². The Morgan fingerprint density at radius 1 is 1.12 bits per heavy atom. The zero-order valence-electron chi connectivity index (χ0n) is 17.4. The first-order valence-corrected chi connectivity index (χ1v) is 11.8. The Morgan fingerprint density at radius 3 is 2.24 bits per heavy atom. The normalized spacial score (nSPS) is 18.9. The van der Waals surface area contributed by atoms with Crippen molar-refractivity contribution < 1.29 is 27.6 Å². The van der Waals surface area contributed by atoms with Gasteiger partial charge in [0.15, 0.2) is 10.9 Å². The minimum absolute atomic E-state index is 0.0170. The lowest BCUT2D eigenvalue weighted by Crippen LogP contribution is -2.42. The SMILES string of the molecule is CNC(SC(C)=O)C(=O)c1ccc(C2=NOC(c3cc(Cl)c(Cl)c(Cl)c3)(C(F)(F)F)C2)cc1Cl. The molecule has 0 saturated heterocycles. The number of benzene rings is 2. The second-order valence-electron chi connectivity index (χ2n) is 7.22. The number of likely N-dealkylation sites (N-methyl/N-ethyl adjacent to an activating group) is 1. The van der Waals surface area contributed by atoms with Gasteiger partial charge in [-0.15, -0.1) is 0 Å². The van der Waals surface area contributed by atoms with E-state index in [1.165, 1.54) is 32.2 Å². The lowest BCUT2D eigenvalue weighted by Gasteiger charge is -2.30. The molecule has 0 radical (unpaired) electrons. The van der Waals surface area contributed by atoms with Gasteiger partial charge < -0.3 is 10.2 Å². The quantitative estimate of drug-likeness (QED) is 0.231. The summed E-state index contributed by atoms with van der Waals surface area (Å²) < 4.78 is 42.6. The first kappa shape index (κ1) is 27.1. The van der Waals surface area contributed by atoms with Gasteiger partial charge in [-0.3, -0.25) is 9.59 Å². The van der Waals surface area contributed by atoms with Crippen LogP contribution in [0.3, 0.4) is 0 Å². The Labute approximate surface area is 216 Å². The number of thioether (sulfide) groups is 1. The van der Waals surface area contributed by atoms with Crippen LogP contribution in [-0.4, -0.2) is 35.2 Å². The molecule has 2 aromatic rings. The van der Waals surface area contributed by atoms with Gasteiger partial charge in [-0.1, -0.05) is 69.4 Å². The van der Waals surface area contributed by atoms with Crippen molar-refractivity contribution in [3.05, 3.63) is 67.1 Å². The summed E-state index contributed by atoms with van der Waals surface area (Å²) in [6.07, 6.45) is -5.59. The van der Waals surface area contributed by atoms with Gasteiger partial charge in [0.25, 0.3) is 5.60 Å². The number of rotatable bonds is 6. The number of carbonyl (C=O) groups excluding carboxylic acids is 2. The smallest absolute Gasteiger partial charge is 0.374 e. The van der Waals surface area contributed by atoms with Gasteiger partial charge in [-0.25, -0.2) is 0 Å². The Kier molecular flexibility index (Phi) is 8.17. The van der Waals surface area contributed by atoms with E-state index in [9.17, 15) is 22.8 Å². The number of hydrogen-bond acceptors (Lipinski definition) is 6. The summed E-state index contributed by atoms with van der Waals surface area (Å²) in [6.45, 7) is 1.32. The number of hydrogen-bond donors (Lipinski definition) is 1. The Morgan fingerprint density at radius 2 is 1.74 bits per heavy atom. The molecule has 182 valence electrons. The van der Waals surface area contributed by atoms with Crippen molar-refractivity contribution in [3.8, 4) is 0 Å². The second kappa shape index (κ2) is 10.2. The highest BCUT2D eigenvalue weighted by Crippen LogP contribution is 2.50. The van der Waals surface area contributed by atoms with Gasteiger partial charge in [0, 0.05) is 30.0 Å². The molecular formula is C21H15Cl4F3N2O3S. The average Bonchev–Trinajstić information content (AvgIpc) is 3.22. The largest absolute Gasteiger partial charge is 0.435 e. The Hall–Kier alpha value is -1.49.